The Morgan fingerprint density at radius 2 is 1.15 bits per heavy atom. The number of rotatable bonds is 23. The standard InChI is InChI=1S/C25H48O8/c1-3-4-5-6-7-8-9-10-11-12-15-22(27)16-13-14-17-23(28)18-25(30)31-19-24(29)20-32-33-21(2)26/h22-24,27-29H,3-20H2,1-2H3. The van der Waals surface area contributed by atoms with Crippen LogP contribution in [0.1, 0.15) is 117 Å². The predicted octanol–water partition coefficient (Wildman–Crippen LogP) is 4.37. The third-order valence-electron chi connectivity index (χ3n) is 5.49. The first-order chi connectivity index (χ1) is 15.8. The molecule has 0 fully saturated rings. The minimum atomic E-state index is -1.12. The summed E-state index contributed by atoms with van der Waals surface area (Å²) in [6.45, 7) is 2.78. The molecule has 0 aliphatic carbocycles. The second-order valence-electron chi connectivity index (χ2n) is 8.96. The molecule has 0 spiro atoms. The summed E-state index contributed by atoms with van der Waals surface area (Å²) in [7, 11) is 0. The molecule has 0 aliphatic rings. The van der Waals surface area contributed by atoms with E-state index in [4.69, 9.17) is 4.74 Å². The summed E-state index contributed by atoms with van der Waals surface area (Å²) < 4.78 is 4.87. The molecule has 0 heterocycles. The van der Waals surface area contributed by atoms with Gasteiger partial charge in [0.15, 0.2) is 0 Å². The van der Waals surface area contributed by atoms with Crippen molar-refractivity contribution >= 4 is 11.9 Å². The van der Waals surface area contributed by atoms with Gasteiger partial charge in [-0.25, -0.2) is 4.79 Å². The molecule has 0 bridgehead atoms. The van der Waals surface area contributed by atoms with Crippen LogP contribution in [0.5, 0.6) is 0 Å². The molecule has 8 heteroatoms. The minimum absolute atomic E-state index is 0.154. The summed E-state index contributed by atoms with van der Waals surface area (Å²) in [5.41, 5.74) is 0. The third kappa shape index (κ3) is 23.7. The van der Waals surface area contributed by atoms with Crippen molar-refractivity contribution in [3.63, 3.8) is 0 Å². The molecular weight excluding hydrogens is 428 g/mol. The van der Waals surface area contributed by atoms with Crippen molar-refractivity contribution in [1.82, 2.24) is 0 Å². The van der Waals surface area contributed by atoms with Crippen LogP contribution in [0.2, 0.25) is 0 Å². The largest absolute Gasteiger partial charge is 0.463 e. The van der Waals surface area contributed by atoms with E-state index in [0.29, 0.717) is 12.8 Å². The Morgan fingerprint density at radius 1 is 0.667 bits per heavy atom. The molecule has 0 saturated heterocycles. The SMILES string of the molecule is CCCCCCCCCCCCC(O)CCCCC(O)CC(=O)OCC(O)COOC(C)=O. The zero-order valence-corrected chi connectivity index (χ0v) is 20.8. The van der Waals surface area contributed by atoms with Crippen molar-refractivity contribution in [1.29, 1.82) is 0 Å². The van der Waals surface area contributed by atoms with Gasteiger partial charge >= 0.3 is 11.9 Å². The van der Waals surface area contributed by atoms with E-state index in [2.05, 4.69) is 16.7 Å². The van der Waals surface area contributed by atoms with Crippen LogP contribution in [-0.2, 0) is 24.1 Å². The third-order valence-corrected chi connectivity index (χ3v) is 5.49. The number of ether oxygens (including phenoxy) is 1. The van der Waals surface area contributed by atoms with E-state index in [1.807, 2.05) is 0 Å². The second kappa shape index (κ2) is 22.6. The van der Waals surface area contributed by atoms with Gasteiger partial charge in [-0.1, -0.05) is 84.0 Å². The summed E-state index contributed by atoms with van der Waals surface area (Å²) >= 11 is 0. The van der Waals surface area contributed by atoms with Gasteiger partial charge in [-0.05, 0) is 19.3 Å². The highest BCUT2D eigenvalue weighted by Gasteiger charge is 2.15. The zero-order chi connectivity index (χ0) is 24.7. The van der Waals surface area contributed by atoms with Crippen molar-refractivity contribution in [2.24, 2.45) is 0 Å². The summed E-state index contributed by atoms with van der Waals surface area (Å²) in [6, 6.07) is 0. The molecule has 0 amide bonds. The van der Waals surface area contributed by atoms with Crippen LogP contribution in [0.25, 0.3) is 0 Å². The maximum absolute atomic E-state index is 11.7. The fraction of sp³-hybridized carbons (Fsp3) is 0.920. The van der Waals surface area contributed by atoms with E-state index >= 15 is 0 Å². The molecule has 0 aromatic carbocycles. The van der Waals surface area contributed by atoms with Crippen molar-refractivity contribution in [2.75, 3.05) is 13.2 Å². The lowest BCUT2D eigenvalue weighted by Gasteiger charge is -2.14. The van der Waals surface area contributed by atoms with Crippen LogP contribution in [0.15, 0.2) is 0 Å². The molecule has 3 N–H and O–H groups in total. The number of carbonyl (C=O) groups is 2. The highest BCUT2D eigenvalue weighted by molar-refractivity contribution is 5.69. The first kappa shape index (κ1) is 31.8. The van der Waals surface area contributed by atoms with Crippen molar-refractivity contribution in [3.8, 4) is 0 Å². The van der Waals surface area contributed by atoms with E-state index < -0.39 is 24.1 Å². The maximum Gasteiger partial charge on any atom is 0.339 e. The molecule has 0 radical (unpaired) electrons. The second-order valence-corrected chi connectivity index (χ2v) is 8.96. The predicted molar refractivity (Wildman–Crippen MR) is 126 cm³/mol. The monoisotopic (exact) mass is 476 g/mol. The Morgan fingerprint density at radius 3 is 1.70 bits per heavy atom. The minimum Gasteiger partial charge on any atom is -0.463 e. The van der Waals surface area contributed by atoms with Gasteiger partial charge in [0.05, 0.1) is 18.6 Å². The smallest absolute Gasteiger partial charge is 0.339 e. The number of hydrogen-bond donors (Lipinski definition) is 3. The molecule has 0 rings (SSSR count). The topological polar surface area (TPSA) is 123 Å². The first-order valence-corrected chi connectivity index (χ1v) is 12.8. The molecule has 0 aromatic heterocycles. The van der Waals surface area contributed by atoms with Gasteiger partial charge in [-0.15, -0.1) is 0 Å². The lowest BCUT2D eigenvalue weighted by atomic mass is 10.0. The van der Waals surface area contributed by atoms with Crippen LogP contribution in [-0.4, -0.2) is 58.8 Å². The van der Waals surface area contributed by atoms with E-state index in [9.17, 15) is 24.9 Å². The van der Waals surface area contributed by atoms with E-state index in [-0.39, 0.29) is 25.7 Å². The fourth-order valence-electron chi connectivity index (χ4n) is 3.56. The van der Waals surface area contributed by atoms with E-state index in [1.165, 1.54) is 57.8 Å². The fourth-order valence-corrected chi connectivity index (χ4v) is 3.56. The van der Waals surface area contributed by atoms with Crippen LogP contribution >= 0.6 is 0 Å². The molecule has 0 aliphatic heterocycles. The zero-order valence-electron chi connectivity index (χ0n) is 20.8. The van der Waals surface area contributed by atoms with Gasteiger partial charge in [-0.3, -0.25) is 9.68 Å². The van der Waals surface area contributed by atoms with Gasteiger partial charge in [0.1, 0.15) is 19.3 Å². The van der Waals surface area contributed by atoms with Crippen molar-refractivity contribution in [2.45, 2.75) is 135 Å². The average Bonchev–Trinajstić information content (AvgIpc) is 2.76. The Labute approximate surface area is 199 Å². The molecule has 3 unspecified atom stereocenters. The summed E-state index contributed by atoms with van der Waals surface area (Å²) in [6.07, 6.45) is 14.0. The Bertz CT molecular complexity index is 471. The van der Waals surface area contributed by atoms with Crippen LogP contribution in [0, 0.1) is 0 Å². The van der Waals surface area contributed by atoms with E-state index in [1.54, 1.807) is 0 Å². The van der Waals surface area contributed by atoms with Gasteiger partial charge in [0, 0.05) is 6.92 Å². The van der Waals surface area contributed by atoms with Crippen LogP contribution in [0.4, 0.5) is 0 Å². The summed E-state index contributed by atoms with van der Waals surface area (Å²) in [5, 5.41) is 29.6. The first-order valence-electron chi connectivity index (χ1n) is 12.8. The number of esters is 1. The number of carbonyl (C=O) groups excluding carboxylic acids is 2. The van der Waals surface area contributed by atoms with E-state index in [0.717, 1.165) is 32.6 Å². The highest BCUT2D eigenvalue weighted by atomic mass is 17.2. The number of unbranched alkanes of at least 4 members (excludes halogenated alkanes) is 10. The number of aliphatic hydroxyl groups is 3. The summed E-state index contributed by atoms with van der Waals surface area (Å²) in [4.78, 5) is 30.9. The number of hydrogen-bond acceptors (Lipinski definition) is 8. The van der Waals surface area contributed by atoms with Gasteiger partial charge in [0.25, 0.3) is 0 Å². The summed E-state index contributed by atoms with van der Waals surface area (Å²) in [5.74, 6) is -1.26. The average molecular weight is 477 g/mol. The van der Waals surface area contributed by atoms with Gasteiger partial charge in [-0.2, -0.15) is 4.89 Å². The van der Waals surface area contributed by atoms with Crippen LogP contribution in [0.3, 0.4) is 0 Å². The number of aliphatic hydroxyl groups excluding tert-OH is 3. The molecule has 196 valence electrons. The van der Waals surface area contributed by atoms with Crippen molar-refractivity contribution < 1.29 is 39.4 Å². The molecule has 0 saturated carbocycles. The maximum atomic E-state index is 11.7. The Balaban J connectivity index is 3.54. The normalized spacial score (nSPS) is 14.0. The molecule has 33 heavy (non-hydrogen) atoms. The highest BCUT2D eigenvalue weighted by Crippen LogP contribution is 2.15. The molecule has 0 aromatic rings. The molecule has 8 nitrogen and oxygen atoms in total. The Hall–Kier alpha value is -1.22. The molecular formula is C25H48O8. The quantitative estimate of drug-likeness (QED) is 0.0860. The van der Waals surface area contributed by atoms with Gasteiger partial charge < -0.3 is 20.1 Å². The van der Waals surface area contributed by atoms with Crippen molar-refractivity contribution in [3.05, 3.63) is 0 Å². The lowest BCUT2D eigenvalue weighted by molar-refractivity contribution is -0.281. The van der Waals surface area contributed by atoms with Crippen LogP contribution < -0.4 is 0 Å². The molecule has 3 atom stereocenters. The lowest BCUT2D eigenvalue weighted by Crippen LogP contribution is -2.25. The Kier molecular flexibility index (Phi) is 21.7. The van der Waals surface area contributed by atoms with Gasteiger partial charge in [0.2, 0.25) is 0 Å².